The van der Waals surface area contributed by atoms with Gasteiger partial charge in [0.25, 0.3) is 0 Å². The van der Waals surface area contributed by atoms with E-state index in [0.717, 1.165) is 22.3 Å². The van der Waals surface area contributed by atoms with Gasteiger partial charge in [0.15, 0.2) is 0 Å². The fourth-order valence-corrected chi connectivity index (χ4v) is 3.84. The lowest BCUT2D eigenvalue weighted by molar-refractivity contribution is 0.171. The van der Waals surface area contributed by atoms with Crippen LogP contribution >= 0.6 is 22.9 Å². The van der Waals surface area contributed by atoms with E-state index in [0.29, 0.717) is 43.4 Å². The number of H-pyrrole nitrogens is 1. The Labute approximate surface area is 164 Å². The number of carbonyl (C=O) groups excluding carboxylic acids is 1. The summed E-state index contributed by atoms with van der Waals surface area (Å²) in [5, 5.41) is 15.8. The van der Waals surface area contributed by atoms with E-state index < -0.39 is 6.10 Å². The summed E-state index contributed by atoms with van der Waals surface area (Å²) in [6.45, 7) is 1.69. The Morgan fingerprint density at radius 1 is 1.48 bits per heavy atom. The van der Waals surface area contributed by atoms with Crippen molar-refractivity contribution < 1.29 is 14.6 Å². The van der Waals surface area contributed by atoms with Crippen LogP contribution in [0.3, 0.4) is 0 Å². The fraction of sp³-hybridized carbons (Fsp3) is 0.333. The number of likely N-dealkylation sites (tertiary alicyclic amines) is 1. The number of thiazole rings is 1. The number of benzene rings is 1. The van der Waals surface area contributed by atoms with Crippen molar-refractivity contribution in [2.75, 3.05) is 13.1 Å². The van der Waals surface area contributed by atoms with Crippen LogP contribution in [0.2, 0.25) is 5.02 Å². The number of hydrogen-bond donors (Lipinski definition) is 3. The van der Waals surface area contributed by atoms with Crippen molar-refractivity contribution in [2.45, 2.75) is 25.7 Å². The van der Waals surface area contributed by atoms with Crippen LogP contribution in [-0.4, -0.2) is 45.2 Å². The number of fused-ring (bicyclic) bond motifs is 1. The lowest BCUT2D eigenvalue weighted by Crippen LogP contribution is -2.38. The van der Waals surface area contributed by atoms with E-state index in [9.17, 15) is 9.90 Å². The molecule has 1 aliphatic heterocycles. The number of β-amino-alcohol motifs (C(OH)–C–C–N with tert-alkyl or cyclic N) is 1. The second kappa shape index (κ2) is 7.75. The Morgan fingerprint density at radius 2 is 2.37 bits per heavy atom. The Hall–Kier alpha value is -2.29. The van der Waals surface area contributed by atoms with Gasteiger partial charge in [0, 0.05) is 41.1 Å². The van der Waals surface area contributed by atoms with E-state index in [1.165, 1.54) is 11.3 Å². The van der Waals surface area contributed by atoms with Crippen LogP contribution < -0.4 is 10.1 Å². The van der Waals surface area contributed by atoms with E-state index in [-0.39, 0.29) is 6.03 Å². The van der Waals surface area contributed by atoms with Gasteiger partial charge in [0.2, 0.25) is 0 Å². The molecule has 0 spiro atoms. The predicted octanol–water partition coefficient (Wildman–Crippen LogP) is 3.13. The summed E-state index contributed by atoms with van der Waals surface area (Å²) in [5.41, 5.74) is 4.37. The number of nitrogens with one attached hydrogen (secondary N) is 2. The van der Waals surface area contributed by atoms with Gasteiger partial charge in [-0.3, -0.25) is 0 Å². The SMILES string of the molecule is O=C(NCc1cc2cc(Cl)c(OCc3cscn3)cc2[nH]1)N1CC[C@H](O)C1. The highest BCUT2D eigenvalue weighted by Gasteiger charge is 2.24. The molecule has 0 bridgehead atoms. The Morgan fingerprint density at radius 3 is 3.11 bits per heavy atom. The molecule has 27 heavy (non-hydrogen) atoms. The van der Waals surface area contributed by atoms with Gasteiger partial charge in [-0.2, -0.15) is 0 Å². The van der Waals surface area contributed by atoms with Gasteiger partial charge in [-0.05, 0) is 18.6 Å². The average molecular weight is 407 g/mol. The van der Waals surface area contributed by atoms with Crippen molar-refractivity contribution in [3.05, 3.63) is 45.5 Å². The second-order valence-corrected chi connectivity index (χ2v) is 7.61. The minimum absolute atomic E-state index is 0.171. The number of amides is 2. The maximum atomic E-state index is 12.1. The molecule has 0 aliphatic carbocycles. The first-order valence-corrected chi connectivity index (χ1v) is 9.92. The summed E-state index contributed by atoms with van der Waals surface area (Å²) in [4.78, 5) is 21.2. The zero-order chi connectivity index (χ0) is 18.8. The number of nitrogens with zero attached hydrogens (tertiary/aromatic N) is 2. The predicted molar refractivity (Wildman–Crippen MR) is 104 cm³/mol. The Kier molecular flexibility index (Phi) is 5.20. The molecule has 1 atom stereocenters. The highest BCUT2D eigenvalue weighted by atomic mass is 35.5. The third-order valence-corrected chi connectivity index (χ3v) is 5.40. The van der Waals surface area contributed by atoms with Gasteiger partial charge in [-0.15, -0.1) is 11.3 Å². The van der Waals surface area contributed by atoms with E-state index in [4.69, 9.17) is 16.3 Å². The fourth-order valence-electron chi connectivity index (χ4n) is 3.07. The first-order valence-electron chi connectivity index (χ1n) is 8.60. The van der Waals surface area contributed by atoms with Gasteiger partial charge in [-0.1, -0.05) is 11.6 Å². The van der Waals surface area contributed by atoms with Crippen LogP contribution in [0.15, 0.2) is 29.1 Å². The quantitative estimate of drug-likeness (QED) is 0.607. The molecule has 1 fully saturated rings. The first kappa shape index (κ1) is 18.1. The normalized spacial score (nSPS) is 16.8. The van der Waals surface area contributed by atoms with Crippen LogP contribution in [0, 0.1) is 0 Å². The number of aromatic nitrogens is 2. The molecule has 0 unspecified atom stereocenters. The summed E-state index contributed by atoms with van der Waals surface area (Å²) in [6.07, 6.45) is 0.204. The summed E-state index contributed by atoms with van der Waals surface area (Å²) in [7, 11) is 0. The van der Waals surface area contributed by atoms with Gasteiger partial charge >= 0.3 is 6.03 Å². The summed E-state index contributed by atoms with van der Waals surface area (Å²) in [6, 6.07) is 5.47. The number of halogens is 1. The first-order chi connectivity index (χ1) is 13.1. The van der Waals surface area contributed by atoms with Crippen LogP contribution in [0.5, 0.6) is 5.75 Å². The monoisotopic (exact) mass is 406 g/mol. The summed E-state index contributed by atoms with van der Waals surface area (Å²) < 4.78 is 5.77. The van der Waals surface area contributed by atoms with Gasteiger partial charge in [0.05, 0.1) is 28.9 Å². The maximum absolute atomic E-state index is 12.1. The molecule has 142 valence electrons. The van der Waals surface area contributed by atoms with E-state index in [1.54, 1.807) is 10.4 Å². The number of urea groups is 1. The smallest absolute Gasteiger partial charge is 0.317 e. The number of aliphatic hydroxyl groups is 1. The number of aliphatic hydroxyl groups excluding tert-OH is 1. The molecule has 0 saturated carbocycles. The van der Waals surface area contributed by atoms with Crippen LogP contribution in [-0.2, 0) is 13.2 Å². The van der Waals surface area contributed by atoms with Gasteiger partial charge < -0.3 is 25.0 Å². The van der Waals surface area contributed by atoms with Gasteiger partial charge in [-0.25, -0.2) is 9.78 Å². The minimum atomic E-state index is -0.423. The Bertz CT molecular complexity index is 944. The van der Waals surface area contributed by atoms with Crippen LogP contribution in [0.25, 0.3) is 10.9 Å². The molecule has 3 N–H and O–H groups in total. The number of hydrogen-bond acceptors (Lipinski definition) is 5. The third-order valence-electron chi connectivity index (χ3n) is 4.47. The van der Waals surface area contributed by atoms with Crippen molar-refractivity contribution in [3.8, 4) is 5.75 Å². The highest BCUT2D eigenvalue weighted by Crippen LogP contribution is 2.31. The molecule has 7 nitrogen and oxygen atoms in total. The van der Waals surface area contributed by atoms with Gasteiger partial charge in [0.1, 0.15) is 12.4 Å². The number of rotatable bonds is 5. The number of carbonyl (C=O) groups is 1. The molecule has 1 saturated heterocycles. The molecular weight excluding hydrogens is 388 g/mol. The van der Waals surface area contributed by atoms with Crippen molar-refractivity contribution in [3.63, 3.8) is 0 Å². The van der Waals surface area contributed by atoms with Crippen LogP contribution in [0.1, 0.15) is 17.8 Å². The molecule has 1 aromatic carbocycles. The van der Waals surface area contributed by atoms with E-state index in [2.05, 4.69) is 15.3 Å². The average Bonchev–Trinajstić information content (AvgIpc) is 3.38. The molecule has 2 amide bonds. The summed E-state index contributed by atoms with van der Waals surface area (Å²) in [5.74, 6) is 0.584. The van der Waals surface area contributed by atoms with Crippen molar-refractivity contribution in [1.82, 2.24) is 20.2 Å². The van der Waals surface area contributed by atoms with Crippen molar-refractivity contribution >= 4 is 39.9 Å². The molecule has 0 radical (unpaired) electrons. The maximum Gasteiger partial charge on any atom is 0.317 e. The zero-order valence-electron chi connectivity index (χ0n) is 14.4. The van der Waals surface area contributed by atoms with Crippen molar-refractivity contribution in [1.29, 1.82) is 0 Å². The third kappa shape index (κ3) is 4.18. The molecule has 4 rings (SSSR count). The molecular formula is C18H19ClN4O3S. The largest absolute Gasteiger partial charge is 0.486 e. The molecule has 1 aliphatic rings. The standard InChI is InChI=1S/C18H19ClN4O3S/c19-15-4-11-3-12(6-20-18(25)23-2-1-14(24)7-23)22-16(11)5-17(15)26-8-13-9-27-10-21-13/h3-5,9-10,14,22,24H,1-2,6-8H2,(H,20,25)/t14-/m0/s1. The zero-order valence-corrected chi connectivity index (χ0v) is 16.0. The van der Waals surface area contributed by atoms with Crippen LogP contribution in [0.4, 0.5) is 4.79 Å². The van der Waals surface area contributed by atoms with E-state index in [1.807, 2.05) is 23.6 Å². The minimum Gasteiger partial charge on any atom is -0.486 e. The van der Waals surface area contributed by atoms with E-state index >= 15 is 0 Å². The molecule has 9 heteroatoms. The molecule has 2 aromatic heterocycles. The van der Waals surface area contributed by atoms with Crippen molar-refractivity contribution in [2.24, 2.45) is 0 Å². The molecule has 3 aromatic rings. The number of aromatic amines is 1. The lowest BCUT2D eigenvalue weighted by atomic mass is 10.2. The molecule has 3 heterocycles. The number of ether oxygens (including phenoxy) is 1. The second-order valence-electron chi connectivity index (χ2n) is 6.48. The highest BCUT2D eigenvalue weighted by molar-refractivity contribution is 7.07. The summed E-state index contributed by atoms with van der Waals surface area (Å²) >= 11 is 7.84. The lowest BCUT2D eigenvalue weighted by Gasteiger charge is -2.15. The topological polar surface area (TPSA) is 90.5 Å². The Balaban J connectivity index is 1.41.